The van der Waals surface area contributed by atoms with Crippen molar-refractivity contribution in [2.45, 2.75) is 19.8 Å². The Bertz CT molecular complexity index is 445. The summed E-state index contributed by atoms with van der Waals surface area (Å²) in [7, 11) is 0. The Morgan fingerprint density at radius 3 is 2.79 bits per heavy atom. The first-order valence-electron chi connectivity index (χ1n) is 6.58. The molecule has 2 rings (SSSR count). The first-order chi connectivity index (χ1) is 9.16. The molecule has 1 aromatic heterocycles. The van der Waals surface area contributed by atoms with E-state index in [0.29, 0.717) is 5.69 Å². The third kappa shape index (κ3) is 3.97. The summed E-state index contributed by atoms with van der Waals surface area (Å²) < 4.78 is 5.30. The number of nitrogens with zero attached hydrogens (tertiary/aromatic N) is 3. The summed E-state index contributed by atoms with van der Waals surface area (Å²) in [4.78, 5) is 17.0. The van der Waals surface area contributed by atoms with Crippen LogP contribution in [0.3, 0.4) is 0 Å². The third-order valence-corrected chi connectivity index (χ3v) is 3.32. The van der Waals surface area contributed by atoms with Crippen molar-refractivity contribution in [2.75, 3.05) is 32.8 Å². The maximum atomic E-state index is 10.7. The van der Waals surface area contributed by atoms with Crippen LogP contribution in [0.4, 0.5) is 5.69 Å². The van der Waals surface area contributed by atoms with Crippen molar-refractivity contribution in [3.05, 3.63) is 33.6 Å². The molecule has 1 fully saturated rings. The first kappa shape index (κ1) is 13.9. The highest BCUT2D eigenvalue weighted by molar-refractivity contribution is 5.35. The van der Waals surface area contributed by atoms with Crippen LogP contribution in [0.1, 0.15) is 17.8 Å². The number of aryl methyl sites for hydroxylation is 2. The monoisotopic (exact) mass is 265 g/mol. The minimum absolute atomic E-state index is 0.0944. The summed E-state index contributed by atoms with van der Waals surface area (Å²) in [6.07, 6.45) is 1.88. The van der Waals surface area contributed by atoms with E-state index in [4.69, 9.17) is 4.74 Å². The molecule has 6 nitrogen and oxygen atoms in total. The number of hydrogen-bond donors (Lipinski definition) is 0. The fourth-order valence-electron chi connectivity index (χ4n) is 2.25. The van der Waals surface area contributed by atoms with E-state index in [1.165, 1.54) is 0 Å². The van der Waals surface area contributed by atoms with E-state index in [1.54, 1.807) is 19.1 Å². The molecule has 6 heteroatoms. The second-order valence-electron chi connectivity index (χ2n) is 4.72. The lowest BCUT2D eigenvalue weighted by molar-refractivity contribution is -0.385. The number of pyridine rings is 1. The van der Waals surface area contributed by atoms with Crippen molar-refractivity contribution in [2.24, 2.45) is 0 Å². The predicted octanol–water partition coefficient (Wildman–Crippen LogP) is 1.56. The van der Waals surface area contributed by atoms with Crippen molar-refractivity contribution in [3.63, 3.8) is 0 Å². The van der Waals surface area contributed by atoms with E-state index >= 15 is 0 Å². The number of nitro groups is 1. The molecule has 19 heavy (non-hydrogen) atoms. The molecule has 1 saturated heterocycles. The van der Waals surface area contributed by atoms with Gasteiger partial charge in [0.25, 0.3) is 5.69 Å². The van der Waals surface area contributed by atoms with Gasteiger partial charge in [0.1, 0.15) is 5.69 Å². The summed E-state index contributed by atoms with van der Waals surface area (Å²) in [5, 5.41) is 10.7. The zero-order chi connectivity index (χ0) is 13.7. The molecule has 1 aliphatic heterocycles. The van der Waals surface area contributed by atoms with Crippen LogP contribution in [0.25, 0.3) is 0 Å². The fourth-order valence-corrected chi connectivity index (χ4v) is 2.25. The van der Waals surface area contributed by atoms with E-state index in [-0.39, 0.29) is 10.6 Å². The Balaban J connectivity index is 1.82. The lowest BCUT2D eigenvalue weighted by Crippen LogP contribution is -2.36. The molecule has 0 N–H and O–H groups in total. The highest BCUT2D eigenvalue weighted by atomic mass is 16.6. The van der Waals surface area contributed by atoms with Crippen molar-refractivity contribution in [1.82, 2.24) is 9.88 Å². The Hall–Kier alpha value is -1.53. The molecule has 1 aliphatic rings. The fraction of sp³-hybridized carbons (Fsp3) is 0.615. The zero-order valence-corrected chi connectivity index (χ0v) is 11.2. The molecule has 0 saturated carbocycles. The van der Waals surface area contributed by atoms with Crippen LogP contribution >= 0.6 is 0 Å². The Morgan fingerprint density at radius 2 is 2.16 bits per heavy atom. The van der Waals surface area contributed by atoms with Gasteiger partial charge >= 0.3 is 0 Å². The van der Waals surface area contributed by atoms with Crippen molar-refractivity contribution >= 4 is 5.69 Å². The Labute approximate surface area is 112 Å². The average Bonchev–Trinajstić information content (AvgIpc) is 2.39. The molecule has 0 unspecified atom stereocenters. The standard InChI is InChI=1S/C13H19N3O3/c1-11-13(16(17)18)5-4-12(14-11)3-2-6-15-7-9-19-10-8-15/h4-5H,2-3,6-10H2,1H3. The van der Waals surface area contributed by atoms with Crippen LogP contribution in [0.15, 0.2) is 12.1 Å². The zero-order valence-electron chi connectivity index (χ0n) is 11.2. The highest BCUT2D eigenvalue weighted by Crippen LogP contribution is 2.16. The number of ether oxygens (including phenoxy) is 1. The van der Waals surface area contributed by atoms with Crippen molar-refractivity contribution in [1.29, 1.82) is 0 Å². The lowest BCUT2D eigenvalue weighted by Gasteiger charge is -2.26. The molecule has 0 atom stereocenters. The van der Waals surface area contributed by atoms with Gasteiger partial charge in [0, 0.05) is 24.8 Å². The molecule has 104 valence electrons. The van der Waals surface area contributed by atoms with E-state index in [2.05, 4.69) is 9.88 Å². The SMILES string of the molecule is Cc1nc(CCCN2CCOCC2)ccc1[N+](=O)[O-]. The van der Waals surface area contributed by atoms with Gasteiger partial charge in [-0.15, -0.1) is 0 Å². The van der Waals surface area contributed by atoms with Gasteiger partial charge in [-0.3, -0.25) is 20.0 Å². The van der Waals surface area contributed by atoms with Gasteiger partial charge in [-0.05, 0) is 32.4 Å². The maximum absolute atomic E-state index is 10.7. The molecule has 2 heterocycles. The van der Waals surface area contributed by atoms with Gasteiger partial charge in [0.05, 0.1) is 18.1 Å². The quantitative estimate of drug-likeness (QED) is 0.597. The van der Waals surface area contributed by atoms with Gasteiger partial charge in [-0.25, -0.2) is 0 Å². The molecule has 0 spiro atoms. The Kier molecular flexibility index (Phi) is 4.81. The van der Waals surface area contributed by atoms with Crippen molar-refractivity contribution in [3.8, 4) is 0 Å². The van der Waals surface area contributed by atoms with Crippen LogP contribution in [-0.4, -0.2) is 47.7 Å². The maximum Gasteiger partial charge on any atom is 0.290 e. The second-order valence-corrected chi connectivity index (χ2v) is 4.72. The number of morpholine rings is 1. The van der Waals surface area contributed by atoms with Crippen LogP contribution in [0.5, 0.6) is 0 Å². The first-order valence-corrected chi connectivity index (χ1v) is 6.58. The summed E-state index contributed by atoms with van der Waals surface area (Å²) in [5.41, 5.74) is 1.52. The molecular weight excluding hydrogens is 246 g/mol. The molecule has 0 amide bonds. The Morgan fingerprint density at radius 1 is 1.42 bits per heavy atom. The molecule has 0 bridgehead atoms. The van der Waals surface area contributed by atoms with Crippen LogP contribution < -0.4 is 0 Å². The van der Waals surface area contributed by atoms with Crippen molar-refractivity contribution < 1.29 is 9.66 Å². The molecule has 0 aromatic carbocycles. The smallest absolute Gasteiger partial charge is 0.290 e. The van der Waals surface area contributed by atoms with Crippen LogP contribution in [-0.2, 0) is 11.2 Å². The molecule has 0 aliphatic carbocycles. The topological polar surface area (TPSA) is 68.5 Å². The van der Waals surface area contributed by atoms with Crippen LogP contribution in [0, 0.1) is 17.0 Å². The number of hydrogen-bond acceptors (Lipinski definition) is 5. The summed E-state index contributed by atoms with van der Waals surface area (Å²) >= 11 is 0. The van der Waals surface area contributed by atoms with Gasteiger partial charge in [0.2, 0.25) is 0 Å². The number of rotatable bonds is 5. The minimum Gasteiger partial charge on any atom is -0.379 e. The van der Waals surface area contributed by atoms with Gasteiger partial charge in [-0.1, -0.05) is 0 Å². The highest BCUT2D eigenvalue weighted by Gasteiger charge is 2.12. The van der Waals surface area contributed by atoms with E-state index in [1.807, 2.05) is 0 Å². The largest absolute Gasteiger partial charge is 0.379 e. The van der Waals surface area contributed by atoms with Crippen LogP contribution in [0.2, 0.25) is 0 Å². The minimum atomic E-state index is -0.389. The predicted molar refractivity (Wildman–Crippen MR) is 71.2 cm³/mol. The van der Waals surface area contributed by atoms with Gasteiger partial charge < -0.3 is 4.74 Å². The average molecular weight is 265 g/mol. The summed E-state index contributed by atoms with van der Waals surface area (Å²) in [6, 6.07) is 3.30. The number of aromatic nitrogens is 1. The van der Waals surface area contributed by atoms with Gasteiger partial charge in [0.15, 0.2) is 0 Å². The molecular formula is C13H19N3O3. The summed E-state index contributed by atoms with van der Waals surface area (Å²) in [5.74, 6) is 0. The van der Waals surface area contributed by atoms with E-state index in [0.717, 1.165) is 51.4 Å². The molecule has 1 aromatic rings. The normalized spacial score (nSPS) is 16.5. The van der Waals surface area contributed by atoms with E-state index < -0.39 is 0 Å². The summed E-state index contributed by atoms with van der Waals surface area (Å²) in [6.45, 7) is 6.33. The van der Waals surface area contributed by atoms with Gasteiger partial charge in [-0.2, -0.15) is 0 Å². The third-order valence-electron chi connectivity index (χ3n) is 3.32. The lowest BCUT2D eigenvalue weighted by atomic mass is 10.2. The molecule has 0 radical (unpaired) electrons. The second kappa shape index (κ2) is 6.58. The van der Waals surface area contributed by atoms with E-state index in [9.17, 15) is 10.1 Å².